The highest BCUT2D eigenvalue weighted by molar-refractivity contribution is 5.76. The molecule has 1 heterocycles. The molecule has 1 saturated heterocycles. The van der Waals surface area contributed by atoms with E-state index in [0.717, 1.165) is 26.1 Å². The van der Waals surface area contributed by atoms with Gasteiger partial charge in [-0.3, -0.25) is 0 Å². The van der Waals surface area contributed by atoms with E-state index in [-0.39, 0.29) is 12.1 Å². The molecular weight excluding hydrogens is 154 g/mol. The fourth-order valence-corrected chi connectivity index (χ4v) is 1.49. The molecule has 0 saturated carbocycles. The molecule has 0 bridgehead atoms. The molecule has 0 aliphatic carbocycles. The number of rotatable bonds is 4. The first-order valence-corrected chi connectivity index (χ1v) is 4.48. The van der Waals surface area contributed by atoms with Gasteiger partial charge in [0.1, 0.15) is 0 Å². The zero-order valence-corrected chi connectivity index (χ0v) is 7.76. The predicted octanol–water partition coefficient (Wildman–Crippen LogP) is 0.00960. The Morgan fingerprint density at radius 1 is 1.75 bits per heavy atom. The number of likely N-dealkylation sites (N-methyl/N-ethyl adjacent to an activating group) is 1. The Morgan fingerprint density at radius 3 is 3.08 bits per heavy atom. The number of hydrogen-bond acceptors (Lipinski definition) is 2. The minimum Gasteiger partial charge on any atom is -0.332 e. The Morgan fingerprint density at radius 2 is 2.50 bits per heavy atom. The predicted molar refractivity (Wildman–Crippen MR) is 48.1 cm³/mol. The zero-order chi connectivity index (χ0) is 8.97. The summed E-state index contributed by atoms with van der Waals surface area (Å²) in [5.74, 6) is 0. The first kappa shape index (κ1) is 9.32. The van der Waals surface area contributed by atoms with Crippen LogP contribution in [0.15, 0.2) is 0 Å². The van der Waals surface area contributed by atoms with E-state index in [1.54, 1.807) is 0 Å². The first-order chi connectivity index (χ1) is 5.77. The third kappa shape index (κ3) is 2.11. The summed E-state index contributed by atoms with van der Waals surface area (Å²) < 4.78 is 0. The molecular formula is C8H17N3O. The van der Waals surface area contributed by atoms with Crippen molar-refractivity contribution in [3.05, 3.63) is 0 Å². The summed E-state index contributed by atoms with van der Waals surface area (Å²) in [7, 11) is 1.90. The van der Waals surface area contributed by atoms with Crippen LogP contribution in [0.3, 0.4) is 0 Å². The van der Waals surface area contributed by atoms with Crippen LogP contribution in [0, 0.1) is 0 Å². The molecule has 1 aliphatic heterocycles. The third-order valence-electron chi connectivity index (χ3n) is 2.00. The molecule has 2 amide bonds. The van der Waals surface area contributed by atoms with Gasteiger partial charge < -0.3 is 15.5 Å². The van der Waals surface area contributed by atoms with Gasteiger partial charge in [0.2, 0.25) is 0 Å². The van der Waals surface area contributed by atoms with Crippen LogP contribution in [0.1, 0.15) is 13.3 Å². The SMILES string of the molecule is CCCN1CC(CNC)NC1=O. The average molecular weight is 171 g/mol. The Kier molecular flexibility index (Phi) is 3.34. The van der Waals surface area contributed by atoms with Crippen molar-refractivity contribution in [2.45, 2.75) is 19.4 Å². The minimum absolute atomic E-state index is 0.0806. The van der Waals surface area contributed by atoms with Crippen molar-refractivity contribution in [1.82, 2.24) is 15.5 Å². The second-order valence-corrected chi connectivity index (χ2v) is 3.15. The standard InChI is InChI=1S/C8H17N3O/c1-3-4-11-6-7(5-9-2)10-8(11)12/h7,9H,3-6H2,1-2H3,(H,10,12). The Balaban J connectivity index is 2.34. The molecule has 0 aromatic rings. The van der Waals surface area contributed by atoms with Gasteiger partial charge >= 0.3 is 6.03 Å². The molecule has 0 aromatic heterocycles. The maximum Gasteiger partial charge on any atom is 0.317 e. The highest BCUT2D eigenvalue weighted by Crippen LogP contribution is 2.03. The molecule has 0 radical (unpaired) electrons. The van der Waals surface area contributed by atoms with E-state index >= 15 is 0 Å². The molecule has 1 atom stereocenters. The minimum atomic E-state index is 0.0806. The lowest BCUT2D eigenvalue weighted by Crippen LogP contribution is -2.35. The number of nitrogens with zero attached hydrogens (tertiary/aromatic N) is 1. The summed E-state index contributed by atoms with van der Waals surface area (Å²) in [5.41, 5.74) is 0. The molecule has 0 aromatic carbocycles. The van der Waals surface area contributed by atoms with Crippen molar-refractivity contribution in [2.75, 3.05) is 26.7 Å². The van der Waals surface area contributed by atoms with E-state index in [2.05, 4.69) is 17.6 Å². The Hall–Kier alpha value is -0.770. The molecule has 1 unspecified atom stereocenters. The maximum atomic E-state index is 11.2. The fraction of sp³-hybridized carbons (Fsp3) is 0.875. The number of carbonyl (C=O) groups is 1. The van der Waals surface area contributed by atoms with Crippen molar-refractivity contribution in [3.8, 4) is 0 Å². The topological polar surface area (TPSA) is 44.4 Å². The van der Waals surface area contributed by atoms with Crippen LogP contribution in [-0.2, 0) is 0 Å². The molecule has 12 heavy (non-hydrogen) atoms. The fourth-order valence-electron chi connectivity index (χ4n) is 1.49. The van der Waals surface area contributed by atoms with Crippen LogP contribution >= 0.6 is 0 Å². The summed E-state index contributed by atoms with van der Waals surface area (Å²) >= 11 is 0. The summed E-state index contributed by atoms with van der Waals surface area (Å²) in [5, 5.41) is 5.97. The van der Waals surface area contributed by atoms with Gasteiger partial charge in [-0.05, 0) is 13.5 Å². The van der Waals surface area contributed by atoms with Gasteiger partial charge in [0.15, 0.2) is 0 Å². The summed E-state index contributed by atoms with van der Waals surface area (Å²) in [6, 6.07) is 0.367. The molecule has 1 aliphatic rings. The van der Waals surface area contributed by atoms with Crippen molar-refractivity contribution < 1.29 is 4.79 Å². The lowest BCUT2D eigenvalue weighted by Gasteiger charge is -2.12. The lowest BCUT2D eigenvalue weighted by atomic mass is 10.3. The molecule has 4 nitrogen and oxygen atoms in total. The molecule has 70 valence electrons. The Labute approximate surface area is 73.3 Å². The van der Waals surface area contributed by atoms with E-state index in [0.29, 0.717) is 0 Å². The van der Waals surface area contributed by atoms with Gasteiger partial charge in [-0.1, -0.05) is 6.92 Å². The molecule has 1 fully saturated rings. The van der Waals surface area contributed by atoms with Crippen molar-refractivity contribution in [2.24, 2.45) is 0 Å². The molecule has 1 rings (SSSR count). The van der Waals surface area contributed by atoms with Crippen molar-refractivity contribution in [3.63, 3.8) is 0 Å². The monoisotopic (exact) mass is 171 g/mol. The second-order valence-electron chi connectivity index (χ2n) is 3.15. The maximum absolute atomic E-state index is 11.2. The largest absolute Gasteiger partial charge is 0.332 e. The van der Waals surface area contributed by atoms with Crippen LogP contribution in [0.4, 0.5) is 4.79 Å². The number of amides is 2. The number of urea groups is 1. The number of hydrogen-bond donors (Lipinski definition) is 2. The summed E-state index contributed by atoms with van der Waals surface area (Å²) in [6.07, 6.45) is 1.03. The van der Waals surface area contributed by atoms with E-state index in [1.165, 1.54) is 0 Å². The van der Waals surface area contributed by atoms with Crippen LogP contribution in [-0.4, -0.2) is 43.7 Å². The highest BCUT2D eigenvalue weighted by atomic mass is 16.2. The lowest BCUT2D eigenvalue weighted by molar-refractivity contribution is 0.217. The van der Waals surface area contributed by atoms with Crippen molar-refractivity contribution >= 4 is 6.03 Å². The molecule has 2 N–H and O–H groups in total. The normalized spacial score (nSPS) is 23.0. The van der Waals surface area contributed by atoms with Crippen LogP contribution in [0.2, 0.25) is 0 Å². The van der Waals surface area contributed by atoms with Crippen LogP contribution in [0.5, 0.6) is 0 Å². The molecule has 4 heteroatoms. The van der Waals surface area contributed by atoms with E-state index in [9.17, 15) is 4.79 Å². The zero-order valence-electron chi connectivity index (χ0n) is 7.76. The van der Waals surface area contributed by atoms with Gasteiger partial charge in [0, 0.05) is 19.6 Å². The molecule has 0 spiro atoms. The number of carbonyl (C=O) groups excluding carboxylic acids is 1. The third-order valence-corrected chi connectivity index (χ3v) is 2.00. The van der Waals surface area contributed by atoms with E-state index in [1.807, 2.05) is 11.9 Å². The quantitative estimate of drug-likeness (QED) is 0.626. The van der Waals surface area contributed by atoms with E-state index in [4.69, 9.17) is 0 Å². The van der Waals surface area contributed by atoms with Gasteiger partial charge in [-0.15, -0.1) is 0 Å². The van der Waals surface area contributed by atoms with Gasteiger partial charge in [0.05, 0.1) is 6.04 Å². The van der Waals surface area contributed by atoms with Gasteiger partial charge in [0.25, 0.3) is 0 Å². The average Bonchev–Trinajstić information content (AvgIpc) is 2.34. The van der Waals surface area contributed by atoms with Gasteiger partial charge in [-0.2, -0.15) is 0 Å². The second kappa shape index (κ2) is 4.30. The Bertz CT molecular complexity index is 160. The summed E-state index contributed by atoms with van der Waals surface area (Å²) in [4.78, 5) is 13.1. The van der Waals surface area contributed by atoms with Crippen LogP contribution in [0.25, 0.3) is 0 Å². The first-order valence-electron chi connectivity index (χ1n) is 4.48. The smallest absolute Gasteiger partial charge is 0.317 e. The summed E-state index contributed by atoms with van der Waals surface area (Å²) in [6.45, 7) is 4.64. The van der Waals surface area contributed by atoms with Crippen molar-refractivity contribution in [1.29, 1.82) is 0 Å². The van der Waals surface area contributed by atoms with Crippen LogP contribution < -0.4 is 10.6 Å². The van der Waals surface area contributed by atoms with Gasteiger partial charge in [-0.25, -0.2) is 4.79 Å². The number of nitrogens with one attached hydrogen (secondary N) is 2. The highest BCUT2D eigenvalue weighted by Gasteiger charge is 2.26. The van der Waals surface area contributed by atoms with E-state index < -0.39 is 0 Å².